The molecule has 0 spiro atoms. The van der Waals surface area contributed by atoms with Crippen LogP contribution in [0.1, 0.15) is 36.1 Å². The lowest BCUT2D eigenvalue weighted by Gasteiger charge is -2.20. The van der Waals surface area contributed by atoms with Crippen LogP contribution in [0.4, 0.5) is 22.7 Å². The van der Waals surface area contributed by atoms with Crippen LogP contribution < -0.4 is 9.80 Å². The van der Waals surface area contributed by atoms with Crippen LogP contribution in [0.15, 0.2) is 108 Å². The van der Waals surface area contributed by atoms with E-state index in [0.29, 0.717) is 0 Å². The molecule has 8 heteroatoms. The fourth-order valence-electron chi connectivity index (χ4n) is 4.82. The minimum absolute atomic E-state index is 0.0326. The number of nitrogens with zero attached hydrogens (tertiary/aromatic N) is 4. The second-order valence-electron chi connectivity index (χ2n) is 10.6. The van der Waals surface area contributed by atoms with Crippen LogP contribution in [0.2, 0.25) is 0 Å². The van der Waals surface area contributed by atoms with Gasteiger partial charge >= 0.3 is 11.9 Å². The van der Waals surface area contributed by atoms with E-state index < -0.39 is 11.9 Å². The molecule has 0 N–H and O–H groups in total. The number of ether oxygens (including phenoxy) is 2. The zero-order chi connectivity index (χ0) is 33.8. The maximum atomic E-state index is 11.9. The van der Waals surface area contributed by atoms with Crippen molar-refractivity contribution in [2.24, 2.45) is 0 Å². The van der Waals surface area contributed by atoms with Crippen molar-refractivity contribution in [2.75, 3.05) is 37.1 Å². The molecule has 0 aromatic heterocycles. The maximum Gasteiger partial charge on any atom is 0.348 e. The molecular formula is C39H36N4O4. The second kappa shape index (κ2) is 16.3. The van der Waals surface area contributed by atoms with Crippen LogP contribution in [-0.2, 0) is 25.5 Å². The molecule has 8 nitrogen and oxygen atoms in total. The molecule has 4 aromatic rings. The fraction of sp³-hybridized carbons (Fsp3) is 0.179. The number of rotatable bonds is 12. The van der Waals surface area contributed by atoms with Gasteiger partial charge in [-0.2, -0.15) is 10.5 Å². The largest absolute Gasteiger partial charge is 0.462 e. The first-order chi connectivity index (χ1) is 22.8. The zero-order valence-corrected chi connectivity index (χ0v) is 26.9. The van der Waals surface area contributed by atoms with Crippen LogP contribution in [0.3, 0.4) is 0 Å². The molecule has 0 bridgehead atoms. The third-order valence-electron chi connectivity index (χ3n) is 7.47. The lowest BCUT2D eigenvalue weighted by Crippen LogP contribution is -2.09. The van der Waals surface area contributed by atoms with Crippen molar-refractivity contribution in [3.05, 3.63) is 130 Å². The third-order valence-corrected chi connectivity index (χ3v) is 7.47. The van der Waals surface area contributed by atoms with E-state index in [-0.39, 0.29) is 24.4 Å². The van der Waals surface area contributed by atoms with Gasteiger partial charge in [-0.25, -0.2) is 9.59 Å². The molecule has 0 atom stereocenters. The molecular weight excluding hydrogens is 588 g/mol. The van der Waals surface area contributed by atoms with Gasteiger partial charge in [-0.1, -0.05) is 48.5 Å². The highest BCUT2D eigenvalue weighted by atomic mass is 16.5. The summed E-state index contributed by atoms with van der Waals surface area (Å²) in [7, 11) is 3.98. The first kappa shape index (κ1) is 33.8. The predicted octanol–water partition coefficient (Wildman–Crippen LogP) is 7.75. The Hall–Kier alpha value is -6.12. The zero-order valence-electron chi connectivity index (χ0n) is 26.9. The van der Waals surface area contributed by atoms with E-state index in [0.717, 1.165) is 40.3 Å². The summed E-state index contributed by atoms with van der Waals surface area (Å²) < 4.78 is 9.86. The number of anilines is 4. The Labute approximate surface area is 276 Å². The van der Waals surface area contributed by atoms with Crippen LogP contribution in [0, 0.1) is 22.7 Å². The van der Waals surface area contributed by atoms with Gasteiger partial charge < -0.3 is 19.3 Å². The molecule has 47 heavy (non-hydrogen) atoms. The van der Waals surface area contributed by atoms with E-state index in [4.69, 9.17) is 9.47 Å². The van der Waals surface area contributed by atoms with E-state index in [1.54, 1.807) is 13.8 Å². The highest BCUT2D eigenvalue weighted by Crippen LogP contribution is 2.27. The molecule has 4 aromatic carbocycles. The van der Waals surface area contributed by atoms with Crippen molar-refractivity contribution in [3.8, 4) is 12.1 Å². The summed E-state index contributed by atoms with van der Waals surface area (Å²) in [6, 6.07) is 35.9. The summed E-state index contributed by atoms with van der Waals surface area (Å²) in [4.78, 5) is 28.0. The third kappa shape index (κ3) is 8.97. The van der Waals surface area contributed by atoms with Gasteiger partial charge in [0.1, 0.15) is 23.3 Å². The monoisotopic (exact) mass is 624 g/mol. The normalized spacial score (nSPS) is 11.2. The molecule has 4 rings (SSSR count). The molecule has 0 aliphatic carbocycles. The average molecular weight is 625 g/mol. The summed E-state index contributed by atoms with van der Waals surface area (Å²) in [6.07, 6.45) is 3.85. The number of nitriles is 2. The van der Waals surface area contributed by atoms with Gasteiger partial charge in [0.2, 0.25) is 0 Å². The van der Waals surface area contributed by atoms with Gasteiger partial charge in [0, 0.05) is 36.8 Å². The molecule has 0 fully saturated rings. The summed E-state index contributed by atoms with van der Waals surface area (Å²) in [6.45, 7) is 3.84. The fourth-order valence-corrected chi connectivity index (χ4v) is 4.82. The van der Waals surface area contributed by atoms with Crippen LogP contribution in [0.25, 0.3) is 12.2 Å². The molecule has 0 saturated heterocycles. The number of carbonyl (C=O) groups excluding carboxylic acids is 2. The Bertz CT molecular complexity index is 1690. The van der Waals surface area contributed by atoms with Gasteiger partial charge in [-0.05, 0) is 103 Å². The van der Waals surface area contributed by atoms with Gasteiger partial charge in [0.25, 0.3) is 0 Å². The molecule has 236 valence electrons. The van der Waals surface area contributed by atoms with Gasteiger partial charge in [0.05, 0.1) is 13.2 Å². The van der Waals surface area contributed by atoms with Crippen molar-refractivity contribution >= 4 is 46.8 Å². The summed E-state index contributed by atoms with van der Waals surface area (Å²) in [5, 5.41) is 18.6. The minimum atomic E-state index is -0.623. The topological polar surface area (TPSA) is 107 Å². The van der Waals surface area contributed by atoms with Crippen molar-refractivity contribution in [3.63, 3.8) is 0 Å². The highest BCUT2D eigenvalue weighted by molar-refractivity contribution is 5.98. The van der Waals surface area contributed by atoms with Crippen molar-refractivity contribution in [2.45, 2.75) is 20.3 Å². The van der Waals surface area contributed by atoms with Crippen LogP contribution >= 0.6 is 0 Å². The number of benzene rings is 4. The summed E-state index contributed by atoms with van der Waals surface area (Å²) in [5.74, 6) is -1.25. The van der Waals surface area contributed by atoms with E-state index in [1.165, 1.54) is 23.3 Å². The van der Waals surface area contributed by atoms with Crippen molar-refractivity contribution < 1.29 is 19.1 Å². The maximum absolute atomic E-state index is 11.9. The van der Waals surface area contributed by atoms with E-state index >= 15 is 0 Å². The SMILES string of the molecule is CCOC(=O)/C(C#N)=C/c1ccc(N(C)c2ccc(Cc3ccc(N(C)c4ccc(/C=C(\C#N)C(=O)OCC)cc4)cc3)cc2)cc1. The summed E-state index contributed by atoms with van der Waals surface area (Å²) in [5.41, 5.74) is 7.81. The molecule has 0 radical (unpaired) electrons. The Kier molecular flexibility index (Phi) is 11.7. The highest BCUT2D eigenvalue weighted by Gasteiger charge is 2.12. The lowest BCUT2D eigenvalue weighted by molar-refractivity contribution is -0.138. The van der Waals surface area contributed by atoms with Gasteiger partial charge in [-0.15, -0.1) is 0 Å². The van der Waals surface area contributed by atoms with Crippen LogP contribution in [0.5, 0.6) is 0 Å². The van der Waals surface area contributed by atoms with E-state index in [9.17, 15) is 20.1 Å². The molecule has 0 unspecified atom stereocenters. The Morgan fingerprint density at radius 1 is 0.574 bits per heavy atom. The number of carbonyl (C=O) groups is 2. The number of hydrogen-bond acceptors (Lipinski definition) is 8. The standard InChI is InChI=1S/C39H36N4O4/c1-5-46-38(44)32(26-40)24-30-11-19-36(20-12-30)42(3)34-15-7-28(8-16-34)23-29-9-17-35(18-10-29)43(4)37-21-13-31(14-22-37)25-33(27-41)39(45)47-6-2/h7-22,24-25H,5-6,23H2,1-4H3/b32-24+,33-25+. The minimum Gasteiger partial charge on any atom is -0.462 e. The quantitative estimate of drug-likeness (QED) is 0.0895. The molecule has 0 aliphatic heterocycles. The van der Waals surface area contributed by atoms with E-state index in [1.807, 2.05) is 74.8 Å². The average Bonchev–Trinajstić information content (AvgIpc) is 3.10. The first-order valence-electron chi connectivity index (χ1n) is 15.2. The molecule has 0 heterocycles. The Balaban J connectivity index is 1.36. The Morgan fingerprint density at radius 2 is 0.872 bits per heavy atom. The Morgan fingerprint density at radius 3 is 1.15 bits per heavy atom. The number of hydrogen-bond donors (Lipinski definition) is 0. The number of esters is 2. The molecule has 0 aliphatic rings. The van der Waals surface area contributed by atoms with Gasteiger partial charge in [-0.3, -0.25) is 0 Å². The summed E-state index contributed by atoms with van der Waals surface area (Å²) >= 11 is 0. The molecule has 0 saturated carbocycles. The first-order valence-corrected chi connectivity index (χ1v) is 15.2. The van der Waals surface area contributed by atoms with E-state index in [2.05, 4.69) is 58.3 Å². The van der Waals surface area contributed by atoms with Crippen molar-refractivity contribution in [1.29, 1.82) is 10.5 Å². The molecule has 0 amide bonds. The van der Waals surface area contributed by atoms with Crippen molar-refractivity contribution in [1.82, 2.24) is 0 Å². The lowest BCUT2D eigenvalue weighted by atomic mass is 10.0. The van der Waals surface area contributed by atoms with Gasteiger partial charge in [0.15, 0.2) is 0 Å². The second-order valence-corrected chi connectivity index (χ2v) is 10.6. The van der Waals surface area contributed by atoms with Crippen LogP contribution in [-0.4, -0.2) is 39.2 Å². The smallest absolute Gasteiger partial charge is 0.348 e. The predicted molar refractivity (Wildman–Crippen MR) is 185 cm³/mol.